The SMILES string of the molecule is CC(C)(O)c1cc2c(n(C3CC3)c1=O)CCCC2. The van der Waals surface area contributed by atoms with Crippen molar-refractivity contribution in [3.8, 4) is 0 Å². The van der Waals surface area contributed by atoms with Gasteiger partial charge in [0.25, 0.3) is 5.56 Å². The topological polar surface area (TPSA) is 42.2 Å². The smallest absolute Gasteiger partial charge is 0.257 e. The van der Waals surface area contributed by atoms with Gasteiger partial charge in [0.05, 0.1) is 5.60 Å². The Morgan fingerprint density at radius 3 is 2.56 bits per heavy atom. The maximum Gasteiger partial charge on any atom is 0.257 e. The van der Waals surface area contributed by atoms with E-state index in [0.717, 1.165) is 25.7 Å². The van der Waals surface area contributed by atoms with Crippen molar-refractivity contribution in [1.29, 1.82) is 0 Å². The number of aromatic nitrogens is 1. The molecule has 2 aliphatic carbocycles. The van der Waals surface area contributed by atoms with Crippen molar-refractivity contribution in [3.05, 3.63) is 33.2 Å². The third kappa shape index (κ3) is 1.91. The molecule has 18 heavy (non-hydrogen) atoms. The minimum atomic E-state index is -1.04. The number of fused-ring (bicyclic) bond motifs is 1. The Balaban J connectivity index is 2.24. The summed E-state index contributed by atoms with van der Waals surface area (Å²) in [6.07, 6.45) is 6.67. The molecule has 0 saturated heterocycles. The van der Waals surface area contributed by atoms with Crippen LogP contribution in [0.2, 0.25) is 0 Å². The second-order valence-electron chi connectivity index (χ2n) is 6.20. The van der Waals surface area contributed by atoms with Crippen molar-refractivity contribution in [2.75, 3.05) is 0 Å². The third-order valence-corrected chi connectivity index (χ3v) is 4.11. The van der Waals surface area contributed by atoms with E-state index in [4.69, 9.17) is 0 Å². The Morgan fingerprint density at radius 1 is 1.28 bits per heavy atom. The zero-order chi connectivity index (χ0) is 12.9. The maximum absolute atomic E-state index is 12.6. The molecule has 0 aliphatic heterocycles. The molecule has 1 heterocycles. The molecule has 1 saturated carbocycles. The first-order chi connectivity index (χ1) is 8.48. The van der Waals surface area contributed by atoms with Gasteiger partial charge in [-0.2, -0.15) is 0 Å². The van der Waals surface area contributed by atoms with Gasteiger partial charge < -0.3 is 9.67 Å². The van der Waals surface area contributed by atoms with Crippen molar-refractivity contribution >= 4 is 0 Å². The predicted molar refractivity (Wildman–Crippen MR) is 70.9 cm³/mol. The van der Waals surface area contributed by atoms with Crippen LogP contribution in [0.1, 0.15) is 62.4 Å². The molecular weight excluding hydrogens is 226 g/mol. The van der Waals surface area contributed by atoms with Crippen molar-refractivity contribution in [3.63, 3.8) is 0 Å². The van der Waals surface area contributed by atoms with Gasteiger partial charge in [0.15, 0.2) is 0 Å². The van der Waals surface area contributed by atoms with Gasteiger partial charge in [-0.3, -0.25) is 4.79 Å². The molecule has 1 N–H and O–H groups in total. The highest BCUT2D eigenvalue weighted by molar-refractivity contribution is 5.32. The van der Waals surface area contributed by atoms with E-state index in [9.17, 15) is 9.90 Å². The Morgan fingerprint density at radius 2 is 1.94 bits per heavy atom. The minimum Gasteiger partial charge on any atom is -0.386 e. The molecule has 98 valence electrons. The van der Waals surface area contributed by atoms with Gasteiger partial charge in [-0.15, -0.1) is 0 Å². The third-order valence-electron chi connectivity index (χ3n) is 4.11. The maximum atomic E-state index is 12.6. The van der Waals surface area contributed by atoms with Crippen LogP contribution in [0.5, 0.6) is 0 Å². The lowest BCUT2D eigenvalue weighted by Gasteiger charge is -2.26. The first kappa shape index (κ1) is 12.0. The molecule has 3 heteroatoms. The Kier molecular flexibility index (Phi) is 2.63. The molecule has 0 atom stereocenters. The van der Waals surface area contributed by atoms with Crippen molar-refractivity contribution in [1.82, 2.24) is 4.57 Å². The van der Waals surface area contributed by atoms with Crippen LogP contribution >= 0.6 is 0 Å². The van der Waals surface area contributed by atoms with E-state index in [2.05, 4.69) is 0 Å². The minimum absolute atomic E-state index is 0.0330. The van der Waals surface area contributed by atoms with Crippen LogP contribution < -0.4 is 5.56 Å². The average molecular weight is 247 g/mol. The lowest BCUT2D eigenvalue weighted by atomic mass is 9.90. The van der Waals surface area contributed by atoms with E-state index in [-0.39, 0.29) is 5.56 Å². The van der Waals surface area contributed by atoms with Crippen LogP contribution in [0.25, 0.3) is 0 Å². The van der Waals surface area contributed by atoms with Crippen molar-refractivity contribution in [2.45, 2.75) is 64.0 Å². The standard InChI is InChI=1S/C15H21NO2/c1-15(2,18)12-9-10-5-3-4-6-13(10)16(14(12)17)11-7-8-11/h9,11,18H,3-8H2,1-2H3. The number of aliphatic hydroxyl groups is 1. The molecule has 0 spiro atoms. The molecule has 1 fully saturated rings. The van der Waals surface area contributed by atoms with Gasteiger partial charge in [-0.1, -0.05) is 0 Å². The number of hydrogen-bond acceptors (Lipinski definition) is 2. The first-order valence-corrected chi connectivity index (χ1v) is 6.98. The molecule has 3 rings (SSSR count). The fourth-order valence-corrected chi connectivity index (χ4v) is 2.99. The highest BCUT2D eigenvalue weighted by Crippen LogP contribution is 2.37. The van der Waals surface area contributed by atoms with Gasteiger partial charge in [0, 0.05) is 17.3 Å². The molecule has 3 nitrogen and oxygen atoms in total. The Bertz CT molecular complexity index is 533. The number of rotatable bonds is 2. The molecule has 0 amide bonds. The summed E-state index contributed by atoms with van der Waals surface area (Å²) in [6.45, 7) is 3.41. The fraction of sp³-hybridized carbons (Fsp3) is 0.667. The fourth-order valence-electron chi connectivity index (χ4n) is 2.99. The number of nitrogens with zero attached hydrogens (tertiary/aromatic N) is 1. The van der Waals surface area contributed by atoms with Gasteiger partial charge >= 0.3 is 0 Å². The van der Waals surface area contributed by atoms with E-state index < -0.39 is 5.60 Å². The van der Waals surface area contributed by atoms with Crippen LogP contribution in [0, 0.1) is 0 Å². The summed E-state index contributed by atoms with van der Waals surface area (Å²) in [7, 11) is 0. The molecule has 1 aromatic rings. The lowest BCUT2D eigenvalue weighted by Crippen LogP contribution is -2.35. The zero-order valence-corrected chi connectivity index (χ0v) is 11.2. The summed E-state index contributed by atoms with van der Waals surface area (Å²) >= 11 is 0. The summed E-state index contributed by atoms with van der Waals surface area (Å²) < 4.78 is 1.99. The molecule has 0 bridgehead atoms. The van der Waals surface area contributed by atoms with Crippen molar-refractivity contribution in [2.24, 2.45) is 0 Å². The van der Waals surface area contributed by atoms with E-state index >= 15 is 0 Å². The van der Waals surface area contributed by atoms with Crippen LogP contribution in [-0.2, 0) is 18.4 Å². The molecule has 0 unspecified atom stereocenters. The van der Waals surface area contributed by atoms with Gasteiger partial charge in [0.2, 0.25) is 0 Å². The van der Waals surface area contributed by atoms with Crippen LogP contribution in [0.4, 0.5) is 0 Å². The zero-order valence-electron chi connectivity index (χ0n) is 11.2. The number of pyridine rings is 1. The molecule has 0 radical (unpaired) electrons. The normalized spacial score (nSPS) is 19.7. The van der Waals surface area contributed by atoms with Crippen LogP contribution in [-0.4, -0.2) is 9.67 Å². The second-order valence-corrected chi connectivity index (χ2v) is 6.20. The first-order valence-electron chi connectivity index (χ1n) is 6.98. The molecule has 1 aromatic heterocycles. The predicted octanol–water partition coefficient (Wildman–Crippen LogP) is 2.29. The summed E-state index contributed by atoms with van der Waals surface area (Å²) in [5.41, 5.74) is 2.08. The van der Waals surface area contributed by atoms with Gasteiger partial charge in [-0.05, 0) is 64.0 Å². The molecular formula is C15H21NO2. The largest absolute Gasteiger partial charge is 0.386 e. The lowest BCUT2D eigenvalue weighted by molar-refractivity contribution is 0.0762. The quantitative estimate of drug-likeness (QED) is 0.871. The molecule has 0 aromatic carbocycles. The van der Waals surface area contributed by atoms with Gasteiger partial charge in [0.1, 0.15) is 0 Å². The van der Waals surface area contributed by atoms with Gasteiger partial charge in [-0.25, -0.2) is 0 Å². The second kappa shape index (κ2) is 3.95. The summed E-state index contributed by atoms with van der Waals surface area (Å²) in [5.74, 6) is 0. The summed E-state index contributed by atoms with van der Waals surface area (Å²) in [5, 5.41) is 10.2. The van der Waals surface area contributed by atoms with Crippen molar-refractivity contribution < 1.29 is 5.11 Å². The van der Waals surface area contributed by atoms with E-state index in [1.807, 2.05) is 10.6 Å². The molecule has 2 aliphatic rings. The number of hydrogen-bond donors (Lipinski definition) is 1. The van der Waals surface area contributed by atoms with Crippen LogP contribution in [0.15, 0.2) is 10.9 Å². The monoisotopic (exact) mass is 247 g/mol. The highest BCUT2D eigenvalue weighted by Gasteiger charge is 2.32. The Hall–Kier alpha value is -1.09. The number of aryl methyl sites for hydroxylation is 1. The highest BCUT2D eigenvalue weighted by atomic mass is 16.3. The van der Waals surface area contributed by atoms with E-state index in [1.165, 1.54) is 24.1 Å². The Labute approximate surface area is 107 Å². The average Bonchev–Trinajstić information content (AvgIpc) is 3.11. The van der Waals surface area contributed by atoms with Crippen LogP contribution in [0.3, 0.4) is 0 Å². The summed E-state index contributed by atoms with van der Waals surface area (Å²) in [6, 6.07) is 2.35. The summed E-state index contributed by atoms with van der Waals surface area (Å²) in [4.78, 5) is 12.6. The van der Waals surface area contributed by atoms with E-state index in [0.29, 0.717) is 11.6 Å². The van der Waals surface area contributed by atoms with E-state index in [1.54, 1.807) is 13.8 Å².